The highest BCUT2D eigenvalue weighted by atomic mass is 19.1. The lowest BCUT2D eigenvalue weighted by Crippen LogP contribution is -2.21. The van der Waals surface area contributed by atoms with Gasteiger partial charge in [0, 0.05) is 23.2 Å². The number of aliphatic hydroxyl groups is 1. The monoisotopic (exact) mass is 234 g/mol. The second-order valence-corrected chi connectivity index (χ2v) is 4.12. The molecule has 0 aromatic heterocycles. The number of aliphatic hydroxyl groups excluding tert-OH is 1. The van der Waals surface area contributed by atoms with Gasteiger partial charge in [-0.05, 0) is 43.5 Å². The molecule has 1 aromatic carbocycles. The van der Waals surface area contributed by atoms with Gasteiger partial charge in [0.1, 0.15) is 5.82 Å². The van der Waals surface area contributed by atoms with Crippen molar-refractivity contribution in [2.24, 2.45) is 0 Å². The summed E-state index contributed by atoms with van der Waals surface area (Å²) in [5.41, 5.74) is 2.25. The predicted octanol–water partition coefficient (Wildman–Crippen LogP) is 2.69. The summed E-state index contributed by atoms with van der Waals surface area (Å²) in [5, 5.41) is 20.2. The first-order valence-corrected chi connectivity index (χ1v) is 5.65. The van der Waals surface area contributed by atoms with Crippen molar-refractivity contribution in [3.05, 3.63) is 41.4 Å². The lowest BCUT2D eigenvalue weighted by atomic mass is 9.94. The van der Waals surface area contributed by atoms with Gasteiger partial charge in [0.15, 0.2) is 0 Å². The van der Waals surface area contributed by atoms with Crippen LogP contribution in [0, 0.1) is 11.2 Å². The molecule has 1 aromatic rings. The standard InChI is InChI=1S/C13H15FN2O/c14-9-4-6-10(7-5-9)16-12-2-1-3-13(17)11(12)8-15/h4-8,13,15-17H,1-3H2. The van der Waals surface area contributed by atoms with Crippen molar-refractivity contribution in [1.29, 1.82) is 5.41 Å². The van der Waals surface area contributed by atoms with E-state index in [0.717, 1.165) is 24.2 Å². The van der Waals surface area contributed by atoms with E-state index < -0.39 is 6.10 Å². The van der Waals surface area contributed by atoms with Gasteiger partial charge in [-0.15, -0.1) is 0 Å². The zero-order valence-electron chi connectivity index (χ0n) is 9.41. The summed E-state index contributed by atoms with van der Waals surface area (Å²) >= 11 is 0. The van der Waals surface area contributed by atoms with E-state index in [2.05, 4.69) is 5.32 Å². The number of rotatable bonds is 3. The maximum Gasteiger partial charge on any atom is 0.123 e. The molecule has 0 spiro atoms. The fourth-order valence-corrected chi connectivity index (χ4v) is 2.00. The molecular formula is C13H15FN2O. The summed E-state index contributed by atoms with van der Waals surface area (Å²) in [6, 6.07) is 6.05. The van der Waals surface area contributed by atoms with Crippen LogP contribution in [0.4, 0.5) is 10.1 Å². The maximum absolute atomic E-state index is 12.8. The number of hydrogen-bond donors (Lipinski definition) is 3. The molecule has 17 heavy (non-hydrogen) atoms. The maximum atomic E-state index is 12.8. The molecule has 0 aliphatic heterocycles. The zero-order valence-corrected chi connectivity index (χ0v) is 9.41. The Labute approximate surface area is 99.5 Å². The van der Waals surface area contributed by atoms with Gasteiger partial charge in [0.25, 0.3) is 0 Å². The van der Waals surface area contributed by atoms with Gasteiger partial charge in [-0.1, -0.05) is 0 Å². The molecule has 3 nitrogen and oxygen atoms in total. The Hall–Kier alpha value is -1.68. The molecule has 3 N–H and O–H groups in total. The minimum absolute atomic E-state index is 0.277. The molecule has 0 saturated carbocycles. The van der Waals surface area contributed by atoms with Gasteiger partial charge >= 0.3 is 0 Å². The molecular weight excluding hydrogens is 219 g/mol. The average molecular weight is 234 g/mol. The van der Waals surface area contributed by atoms with Crippen LogP contribution >= 0.6 is 0 Å². The highest BCUT2D eigenvalue weighted by molar-refractivity contribution is 5.80. The molecule has 0 radical (unpaired) electrons. The Morgan fingerprint density at radius 1 is 1.35 bits per heavy atom. The Balaban J connectivity index is 2.21. The highest BCUT2D eigenvalue weighted by Crippen LogP contribution is 2.25. The van der Waals surface area contributed by atoms with Gasteiger partial charge in [-0.25, -0.2) is 4.39 Å². The molecule has 0 amide bonds. The molecule has 1 atom stereocenters. The summed E-state index contributed by atoms with van der Waals surface area (Å²) in [6.45, 7) is 0. The molecule has 1 unspecified atom stereocenters. The Bertz CT molecular complexity index is 439. The predicted molar refractivity (Wildman–Crippen MR) is 65.7 cm³/mol. The van der Waals surface area contributed by atoms with Crippen LogP contribution in [-0.2, 0) is 0 Å². The van der Waals surface area contributed by atoms with E-state index in [4.69, 9.17) is 5.41 Å². The third-order valence-electron chi connectivity index (χ3n) is 2.91. The van der Waals surface area contributed by atoms with Crippen LogP contribution in [0.25, 0.3) is 0 Å². The minimum atomic E-state index is -0.566. The summed E-state index contributed by atoms with van der Waals surface area (Å²) in [5.74, 6) is -0.277. The largest absolute Gasteiger partial charge is 0.388 e. The molecule has 0 saturated heterocycles. The molecule has 0 fully saturated rings. The van der Waals surface area contributed by atoms with Gasteiger partial charge in [0.2, 0.25) is 0 Å². The number of anilines is 1. The quantitative estimate of drug-likeness (QED) is 0.704. The number of allylic oxidation sites excluding steroid dienone is 1. The fraction of sp³-hybridized carbons (Fsp3) is 0.308. The second-order valence-electron chi connectivity index (χ2n) is 4.12. The fourth-order valence-electron chi connectivity index (χ4n) is 2.00. The van der Waals surface area contributed by atoms with E-state index in [9.17, 15) is 9.50 Å². The van der Waals surface area contributed by atoms with E-state index in [1.54, 1.807) is 12.1 Å². The number of halogens is 1. The Kier molecular flexibility index (Phi) is 3.54. The third kappa shape index (κ3) is 2.71. The molecule has 1 aliphatic rings. The Morgan fingerprint density at radius 2 is 2.06 bits per heavy atom. The second kappa shape index (κ2) is 5.10. The summed E-state index contributed by atoms with van der Waals surface area (Å²) in [6.07, 6.45) is 3.01. The van der Waals surface area contributed by atoms with E-state index in [1.165, 1.54) is 18.3 Å². The van der Waals surface area contributed by atoms with Crippen molar-refractivity contribution < 1.29 is 9.50 Å². The van der Waals surface area contributed by atoms with Gasteiger partial charge in [-0.2, -0.15) is 0 Å². The summed E-state index contributed by atoms with van der Waals surface area (Å²) in [4.78, 5) is 0. The third-order valence-corrected chi connectivity index (χ3v) is 2.91. The zero-order chi connectivity index (χ0) is 12.3. The topological polar surface area (TPSA) is 56.1 Å². The highest BCUT2D eigenvalue weighted by Gasteiger charge is 2.19. The molecule has 2 rings (SSSR count). The molecule has 90 valence electrons. The van der Waals surface area contributed by atoms with Crippen LogP contribution < -0.4 is 5.32 Å². The lowest BCUT2D eigenvalue weighted by Gasteiger charge is -2.23. The van der Waals surface area contributed by atoms with Crippen molar-refractivity contribution >= 4 is 11.9 Å². The van der Waals surface area contributed by atoms with E-state index >= 15 is 0 Å². The summed E-state index contributed by atoms with van der Waals surface area (Å²) < 4.78 is 12.8. The minimum Gasteiger partial charge on any atom is -0.388 e. The molecule has 0 heterocycles. The van der Waals surface area contributed by atoms with Crippen LogP contribution in [0.2, 0.25) is 0 Å². The molecule has 1 aliphatic carbocycles. The SMILES string of the molecule is N=CC1=C(Nc2ccc(F)cc2)CCCC1O. The van der Waals surface area contributed by atoms with Crippen LogP contribution in [0.1, 0.15) is 19.3 Å². The van der Waals surface area contributed by atoms with E-state index in [-0.39, 0.29) is 5.82 Å². The number of benzene rings is 1. The number of hydrogen-bond acceptors (Lipinski definition) is 3. The molecule has 0 bridgehead atoms. The van der Waals surface area contributed by atoms with E-state index in [1.807, 2.05) is 0 Å². The smallest absolute Gasteiger partial charge is 0.123 e. The van der Waals surface area contributed by atoms with Crippen molar-refractivity contribution in [1.82, 2.24) is 0 Å². The van der Waals surface area contributed by atoms with Crippen LogP contribution in [0.3, 0.4) is 0 Å². The van der Waals surface area contributed by atoms with E-state index in [0.29, 0.717) is 12.0 Å². The van der Waals surface area contributed by atoms with Crippen molar-refractivity contribution in [3.63, 3.8) is 0 Å². The van der Waals surface area contributed by atoms with Crippen molar-refractivity contribution in [2.45, 2.75) is 25.4 Å². The van der Waals surface area contributed by atoms with Crippen LogP contribution in [0.5, 0.6) is 0 Å². The normalized spacial score (nSPS) is 20.2. The van der Waals surface area contributed by atoms with Crippen molar-refractivity contribution in [2.75, 3.05) is 5.32 Å². The van der Waals surface area contributed by atoms with Crippen LogP contribution in [-0.4, -0.2) is 17.4 Å². The lowest BCUT2D eigenvalue weighted by molar-refractivity contribution is 0.196. The first kappa shape index (κ1) is 11.8. The van der Waals surface area contributed by atoms with Crippen molar-refractivity contribution in [3.8, 4) is 0 Å². The Morgan fingerprint density at radius 3 is 2.71 bits per heavy atom. The van der Waals surface area contributed by atoms with Gasteiger partial charge in [0.05, 0.1) is 6.10 Å². The number of nitrogens with one attached hydrogen (secondary N) is 2. The first-order valence-electron chi connectivity index (χ1n) is 5.65. The first-order chi connectivity index (χ1) is 8.20. The summed E-state index contributed by atoms with van der Waals surface area (Å²) in [7, 11) is 0. The van der Waals surface area contributed by atoms with Crippen LogP contribution in [0.15, 0.2) is 35.5 Å². The molecule has 4 heteroatoms. The van der Waals surface area contributed by atoms with Gasteiger partial charge < -0.3 is 15.8 Å². The average Bonchev–Trinajstić information content (AvgIpc) is 2.32. The van der Waals surface area contributed by atoms with Gasteiger partial charge in [-0.3, -0.25) is 0 Å².